The molecule has 0 saturated carbocycles. The number of fused-ring (bicyclic) bond motifs is 3. The molecule has 0 radical (unpaired) electrons. The van der Waals surface area contributed by atoms with E-state index in [0.29, 0.717) is 11.8 Å². The number of ether oxygens (including phenoxy) is 1. The number of rotatable bonds is 3. The summed E-state index contributed by atoms with van der Waals surface area (Å²) in [6.45, 7) is 4.88. The summed E-state index contributed by atoms with van der Waals surface area (Å²) in [5.74, 6) is 0.918. The normalized spacial score (nSPS) is 15.3. The Morgan fingerprint density at radius 3 is 3.16 bits per heavy atom. The van der Waals surface area contributed by atoms with Gasteiger partial charge in [-0.1, -0.05) is 37.1 Å². The lowest BCUT2D eigenvalue weighted by Gasteiger charge is -2.29. The molecular formula is C15H17ClN2O. The van der Waals surface area contributed by atoms with Crippen molar-refractivity contribution < 1.29 is 4.74 Å². The van der Waals surface area contributed by atoms with Gasteiger partial charge in [0.1, 0.15) is 12.2 Å². The lowest BCUT2D eigenvalue weighted by atomic mass is 10.1. The summed E-state index contributed by atoms with van der Waals surface area (Å²) in [7, 11) is 0. The number of halogens is 1. The van der Waals surface area contributed by atoms with E-state index < -0.39 is 0 Å². The number of hydrogen-bond donors (Lipinski definition) is 0. The van der Waals surface area contributed by atoms with Crippen molar-refractivity contribution in [2.75, 3.05) is 13.3 Å². The Hall–Kier alpha value is -1.32. The van der Waals surface area contributed by atoms with E-state index in [0.717, 1.165) is 29.7 Å². The Labute approximate surface area is 118 Å². The monoisotopic (exact) mass is 276 g/mol. The first-order chi connectivity index (χ1) is 9.28. The van der Waals surface area contributed by atoms with Crippen LogP contribution in [0.25, 0.3) is 10.9 Å². The van der Waals surface area contributed by atoms with Crippen LogP contribution < -0.4 is 4.74 Å². The molecule has 0 unspecified atom stereocenters. The van der Waals surface area contributed by atoms with Crippen molar-refractivity contribution in [2.24, 2.45) is 0 Å². The van der Waals surface area contributed by atoms with Crippen LogP contribution in [-0.4, -0.2) is 23.2 Å². The maximum atomic E-state index is 5.97. The highest BCUT2D eigenvalue weighted by molar-refractivity contribution is 6.31. The Morgan fingerprint density at radius 2 is 2.32 bits per heavy atom. The molecule has 2 aromatic rings. The minimum atomic E-state index is 0.649. The van der Waals surface area contributed by atoms with Gasteiger partial charge in [0.05, 0.1) is 5.02 Å². The molecule has 0 fully saturated rings. The van der Waals surface area contributed by atoms with Crippen LogP contribution in [0.3, 0.4) is 0 Å². The van der Waals surface area contributed by atoms with Crippen LogP contribution in [0.4, 0.5) is 0 Å². The summed E-state index contributed by atoms with van der Waals surface area (Å²) in [5, 5.41) is 1.70. The quantitative estimate of drug-likeness (QED) is 0.852. The summed E-state index contributed by atoms with van der Waals surface area (Å²) in [5.41, 5.74) is 2.13. The largest absolute Gasteiger partial charge is 0.475 e. The Morgan fingerprint density at radius 1 is 1.42 bits per heavy atom. The molecule has 19 heavy (non-hydrogen) atoms. The topological polar surface area (TPSA) is 25.4 Å². The van der Waals surface area contributed by atoms with Gasteiger partial charge in [0.15, 0.2) is 5.75 Å². The van der Waals surface area contributed by atoms with Crippen molar-refractivity contribution in [3.05, 3.63) is 35.0 Å². The van der Waals surface area contributed by atoms with E-state index in [2.05, 4.69) is 28.9 Å². The fourth-order valence-electron chi connectivity index (χ4n) is 2.44. The molecule has 0 saturated heterocycles. The van der Waals surface area contributed by atoms with E-state index in [-0.39, 0.29) is 0 Å². The molecule has 0 spiro atoms. The third kappa shape index (κ3) is 2.53. The van der Waals surface area contributed by atoms with Crippen LogP contribution in [0.2, 0.25) is 5.02 Å². The third-order valence-corrected chi connectivity index (χ3v) is 3.67. The van der Waals surface area contributed by atoms with Crippen LogP contribution in [0.5, 0.6) is 5.75 Å². The van der Waals surface area contributed by atoms with Crippen molar-refractivity contribution >= 4 is 22.5 Å². The van der Waals surface area contributed by atoms with E-state index >= 15 is 0 Å². The van der Waals surface area contributed by atoms with Crippen LogP contribution in [0.1, 0.15) is 25.3 Å². The second kappa shape index (κ2) is 5.35. The molecule has 3 rings (SSSR count). The molecule has 1 aromatic carbocycles. The van der Waals surface area contributed by atoms with Crippen LogP contribution in [0, 0.1) is 0 Å². The van der Waals surface area contributed by atoms with E-state index in [1.807, 2.05) is 6.07 Å². The molecule has 2 heterocycles. The molecular weight excluding hydrogens is 260 g/mol. The molecule has 0 atom stereocenters. The molecule has 100 valence electrons. The van der Waals surface area contributed by atoms with E-state index in [4.69, 9.17) is 16.3 Å². The highest BCUT2D eigenvalue weighted by Crippen LogP contribution is 2.33. The van der Waals surface area contributed by atoms with Gasteiger partial charge < -0.3 is 4.74 Å². The number of benzene rings is 1. The minimum Gasteiger partial charge on any atom is -0.475 e. The van der Waals surface area contributed by atoms with Gasteiger partial charge in [0.2, 0.25) is 0 Å². The van der Waals surface area contributed by atoms with Gasteiger partial charge in [0, 0.05) is 30.2 Å². The fraction of sp³-hybridized carbons (Fsp3) is 0.400. The van der Waals surface area contributed by atoms with Gasteiger partial charge >= 0.3 is 0 Å². The number of unbranched alkanes of at least 4 members (excludes halogenated alkanes) is 1. The predicted octanol–water partition coefficient (Wildman–Crippen LogP) is 3.84. The van der Waals surface area contributed by atoms with Gasteiger partial charge in [-0.25, -0.2) is 0 Å². The second-order valence-corrected chi connectivity index (χ2v) is 5.40. The summed E-state index contributed by atoms with van der Waals surface area (Å²) in [4.78, 5) is 6.73. The smallest absolute Gasteiger partial charge is 0.152 e. The summed E-state index contributed by atoms with van der Waals surface area (Å²) < 4.78 is 5.91. The minimum absolute atomic E-state index is 0.649. The zero-order chi connectivity index (χ0) is 13.2. The average molecular weight is 277 g/mol. The zero-order valence-electron chi connectivity index (χ0n) is 11.0. The molecule has 0 bridgehead atoms. The maximum Gasteiger partial charge on any atom is 0.152 e. The number of aromatic nitrogens is 1. The van der Waals surface area contributed by atoms with Crippen molar-refractivity contribution in [3.63, 3.8) is 0 Å². The second-order valence-electron chi connectivity index (χ2n) is 4.96. The van der Waals surface area contributed by atoms with Gasteiger partial charge in [-0.05, 0) is 12.5 Å². The van der Waals surface area contributed by atoms with Crippen molar-refractivity contribution in [1.82, 2.24) is 9.88 Å². The lowest BCUT2D eigenvalue weighted by molar-refractivity contribution is 0.0955. The zero-order valence-corrected chi connectivity index (χ0v) is 11.8. The van der Waals surface area contributed by atoms with Gasteiger partial charge in [0.25, 0.3) is 0 Å². The molecule has 0 amide bonds. The van der Waals surface area contributed by atoms with Gasteiger partial charge in [-0.2, -0.15) is 0 Å². The first-order valence-corrected chi connectivity index (χ1v) is 7.08. The van der Waals surface area contributed by atoms with Gasteiger partial charge in [-0.3, -0.25) is 9.88 Å². The van der Waals surface area contributed by atoms with E-state index in [1.54, 1.807) is 6.20 Å². The molecule has 1 aliphatic rings. The molecule has 1 aliphatic heterocycles. The molecule has 3 nitrogen and oxygen atoms in total. The molecule has 0 aliphatic carbocycles. The summed E-state index contributed by atoms with van der Waals surface area (Å²) in [6.07, 6.45) is 4.10. The average Bonchev–Trinajstić information content (AvgIpc) is 2.44. The van der Waals surface area contributed by atoms with E-state index in [9.17, 15) is 0 Å². The highest BCUT2D eigenvalue weighted by atomic mass is 35.5. The predicted molar refractivity (Wildman–Crippen MR) is 77.6 cm³/mol. The van der Waals surface area contributed by atoms with Crippen LogP contribution >= 0.6 is 11.6 Å². The highest BCUT2D eigenvalue weighted by Gasteiger charge is 2.19. The summed E-state index contributed by atoms with van der Waals surface area (Å²) in [6, 6.07) is 6.12. The van der Waals surface area contributed by atoms with Gasteiger partial charge in [-0.15, -0.1) is 0 Å². The Bertz CT molecular complexity index is 600. The SMILES string of the molecule is CCCCN1COc2c(ccc3cc(Cl)cnc23)C1. The van der Waals surface area contributed by atoms with Crippen molar-refractivity contribution in [3.8, 4) is 5.75 Å². The lowest BCUT2D eigenvalue weighted by Crippen LogP contribution is -2.32. The first kappa shape index (κ1) is 12.7. The first-order valence-electron chi connectivity index (χ1n) is 6.70. The van der Waals surface area contributed by atoms with Crippen molar-refractivity contribution in [1.29, 1.82) is 0 Å². The van der Waals surface area contributed by atoms with Crippen LogP contribution in [-0.2, 0) is 6.54 Å². The van der Waals surface area contributed by atoms with Crippen LogP contribution in [0.15, 0.2) is 24.4 Å². The molecule has 0 N–H and O–H groups in total. The molecule has 4 heteroatoms. The number of pyridine rings is 1. The van der Waals surface area contributed by atoms with Crippen molar-refractivity contribution in [2.45, 2.75) is 26.3 Å². The third-order valence-electron chi connectivity index (χ3n) is 3.47. The standard InChI is InChI=1S/C15H17ClN2O/c1-2-3-6-18-9-12-5-4-11-7-13(16)8-17-14(11)15(12)19-10-18/h4-5,7-8H,2-3,6,9-10H2,1H3. The Kier molecular flexibility index (Phi) is 3.58. The fourth-order valence-corrected chi connectivity index (χ4v) is 2.61. The van der Waals surface area contributed by atoms with E-state index in [1.165, 1.54) is 18.4 Å². The summed E-state index contributed by atoms with van der Waals surface area (Å²) >= 11 is 5.97. The number of nitrogens with zero attached hydrogens (tertiary/aromatic N) is 2. The number of hydrogen-bond acceptors (Lipinski definition) is 3. The maximum absolute atomic E-state index is 5.97. The Balaban J connectivity index is 1.92. The molecule has 1 aromatic heterocycles.